The Hall–Kier alpha value is -1.91. The highest BCUT2D eigenvalue weighted by Crippen LogP contribution is 2.49. The molecule has 1 radical (unpaired) electrons. The lowest BCUT2D eigenvalue weighted by Crippen LogP contribution is -2.51. The number of piperidine rings is 1. The predicted octanol–water partition coefficient (Wildman–Crippen LogP) is 3.46. The maximum atomic E-state index is 14.0. The molecule has 0 bridgehead atoms. The maximum Gasteiger partial charge on any atom is 0.330 e. The number of amides is 2. The molecular formula is C26H36BN2O3S. The van der Waals surface area contributed by atoms with E-state index in [1.54, 1.807) is 14.4 Å². The summed E-state index contributed by atoms with van der Waals surface area (Å²) in [6.07, 6.45) is 8.19. The number of anilines is 1. The molecule has 1 saturated heterocycles. The molecule has 0 aromatic heterocycles. The quantitative estimate of drug-likeness (QED) is 0.380. The molecule has 1 unspecified atom stereocenters. The Morgan fingerprint density at radius 1 is 1.30 bits per heavy atom. The third-order valence-electron chi connectivity index (χ3n) is 7.64. The van der Waals surface area contributed by atoms with Crippen LogP contribution in [0, 0.1) is 12.3 Å². The topological polar surface area (TPSA) is 49.9 Å². The average Bonchev–Trinajstić information content (AvgIpc) is 2.98. The Morgan fingerprint density at radius 3 is 2.45 bits per heavy atom. The summed E-state index contributed by atoms with van der Waals surface area (Å²) in [6, 6.07) is 6.06. The van der Waals surface area contributed by atoms with Gasteiger partial charge < -0.3 is 14.5 Å². The van der Waals surface area contributed by atoms with Gasteiger partial charge in [-0.1, -0.05) is 24.5 Å². The molecule has 0 N–H and O–H groups in total. The summed E-state index contributed by atoms with van der Waals surface area (Å²) in [5, 5.41) is 0. The van der Waals surface area contributed by atoms with Crippen molar-refractivity contribution in [1.29, 1.82) is 0 Å². The van der Waals surface area contributed by atoms with Crippen LogP contribution in [0.3, 0.4) is 0 Å². The number of hydrogen-bond acceptors (Lipinski definition) is 4. The van der Waals surface area contributed by atoms with Crippen molar-refractivity contribution in [3.05, 3.63) is 23.8 Å². The van der Waals surface area contributed by atoms with Gasteiger partial charge in [0.2, 0.25) is 11.8 Å². The highest BCUT2D eigenvalue weighted by molar-refractivity contribution is 7.81. The summed E-state index contributed by atoms with van der Waals surface area (Å²) < 4.78 is 5.80. The molecule has 1 aromatic carbocycles. The van der Waals surface area contributed by atoms with Gasteiger partial charge in [-0.05, 0) is 58.6 Å². The Balaban J connectivity index is 1.98. The molecular weight excluding hydrogens is 431 g/mol. The second-order valence-corrected chi connectivity index (χ2v) is 11.4. The van der Waals surface area contributed by atoms with E-state index in [9.17, 15) is 9.59 Å². The first-order valence-corrected chi connectivity index (χ1v) is 12.2. The zero-order valence-electron chi connectivity index (χ0n) is 20.8. The van der Waals surface area contributed by atoms with Gasteiger partial charge in [0.25, 0.3) is 0 Å². The molecule has 1 fully saturated rings. The normalized spacial score (nSPS) is 18.8. The zero-order valence-corrected chi connectivity index (χ0v) is 21.7. The van der Waals surface area contributed by atoms with Gasteiger partial charge in [0.15, 0.2) is 0 Å². The van der Waals surface area contributed by atoms with Crippen LogP contribution in [0.4, 0.5) is 5.69 Å². The highest BCUT2D eigenvalue weighted by Gasteiger charge is 2.53. The molecule has 2 heterocycles. The van der Waals surface area contributed by atoms with Gasteiger partial charge in [-0.3, -0.25) is 9.59 Å². The van der Waals surface area contributed by atoms with E-state index in [-0.39, 0.29) is 22.6 Å². The fraction of sp³-hybridized carbons (Fsp3) is 0.615. The lowest BCUT2D eigenvalue weighted by molar-refractivity contribution is -0.134. The van der Waals surface area contributed by atoms with Crippen LogP contribution in [0.15, 0.2) is 18.2 Å². The van der Waals surface area contributed by atoms with Gasteiger partial charge in [0.05, 0.1) is 11.0 Å². The zero-order chi connectivity index (χ0) is 24.6. The lowest BCUT2D eigenvalue weighted by atomic mass is 9.72. The Morgan fingerprint density at radius 2 is 1.94 bits per heavy atom. The molecule has 2 aliphatic heterocycles. The predicted molar refractivity (Wildman–Crippen MR) is 138 cm³/mol. The SMILES string of the molecule is C#CCC(CC)N1C(=O)C2(CCN(C(C)=O)CC2)c2ccc([B]OC(C)(C)C(C)(C)S)cc21. The van der Waals surface area contributed by atoms with Crippen molar-refractivity contribution in [1.82, 2.24) is 4.90 Å². The van der Waals surface area contributed by atoms with Crippen molar-refractivity contribution in [3.63, 3.8) is 0 Å². The van der Waals surface area contributed by atoms with Crippen molar-refractivity contribution in [2.75, 3.05) is 18.0 Å². The Kier molecular flexibility index (Phi) is 7.31. The van der Waals surface area contributed by atoms with Crippen molar-refractivity contribution in [2.45, 2.75) is 89.0 Å². The summed E-state index contributed by atoms with van der Waals surface area (Å²) >= 11 is 4.68. The molecule has 0 saturated carbocycles. The summed E-state index contributed by atoms with van der Waals surface area (Å²) in [5.74, 6) is 2.92. The number of fused-ring (bicyclic) bond motifs is 2. The molecule has 1 spiro atoms. The van der Waals surface area contributed by atoms with Gasteiger partial charge in [0, 0.05) is 42.9 Å². The van der Waals surface area contributed by atoms with E-state index in [4.69, 9.17) is 11.1 Å². The number of nitrogens with zero attached hydrogens (tertiary/aromatic N) is 2. The first-order chi connectivity index (χ1) is 15.4. The van der Waals surface area contributed by atoms with Crippen LogP contribution in [0.1, 0.15) is 72.8 Å². The van der Waals surface area contributed by atoms with Crippen LogP contribution in [-0.4, -0.2) is 53.7 Å². The van der Waals surface area contributed by atoms with E-state index < -0.39 is 11.0 Å². The van der Waals surface area contributed by atoms with Gasteiger partial charge in [-0.25, -0.2) is 0 Å². The first-order valence-electron chi connectivity index (χ1n) is 11.8. The fourth-order valence-corrected chi connectivity index (χ4v) is 4.70. The molecule has 177 valence electrons. The first kappa shape index (κ1) is 25.7. The molecule has 1 atom stereocenters. The van der Waals surface area contributed by atoms with E-state index in [0.29, 0.717) is 32.4 Å². The monoisotopic (exact) mass is 467 g/mol. The van der Waals surface area contributed by atoms with Crippen LogP contribution in [0.2, 0.25) is 0 Å². The molecule has 7 heteroatoms. The largest absolute Gasteiger partial charge is 0.428 e. The van der Waals surface area contributed by atoms with Gasteiger partial charge in [-0.2, -0.15) is 12.6 Å². The van der Waals surface area contributed by atoms with Crippen LogP contribution in [0.5, 0.6) is 0 Å². The van der Waals surface area contributed by atoms with E-state index in [1.165, 1.54) is 0 Å². The van der Waals surface area contributed by atoms with Gasteiger partial charge in [0.1, 0.15) is 0 Å². The third kappa shape index (κ3) is 4.70. The smallest absolute Gasteiger partial charge is 0.330 e. The number of benzene rings is 1. The number of rotatable bonds is 7. The summed E-state index contributed by atoms with van der Waals surface area (Å²) in [7, 11) is 1.76. The van der Waals surface area contributed by atoms with Crippen LogP contribution >= 0.6 is 12.6 Å². The minimum absolute atomic E-state index is 0.0583. The molecule has 5 nitrogen and oxygen atoms in total. The van der Waals surface area contributed by atoms with Crippen LogP contribution in [-0.2, 0) is 19.7 Å². The van der Waals surface area contributed by atoms with Gasteiger partial charge >= 0.3 is 7.48 Å². The van der Waals surface area contributed by atoms with Crippen molar-refractivity contribution >= 4 is 43.1 Å². The van der Waals surface area contributed by atoms with E-state index in [0.717, 1.165) is 23.1 Å². The number of thiol groups is 1. The molecule has 2 aliphatic rings. The maximum absolute atomic E-state index is 14.0. The second kappa shape index (κ2) is 9.39. The number of likely N-dealkylation sites (tertiary alicyclic amines) is 1. The fourth-order valence-electron chi connectivity index (χ4n) is 4.64. The second-order valence-electron chi connectivity index (χ2n) is 10.3. The molecule has 33 heavy (non-hydrogen) atoms. The molecule has 3 rings (SSSR count). The van der Waals surface area contributed by atoms with Crippen molar-refractivity contribution in [3.8, 4) is 12.3 Å². The summed E-state index contributed by atoms with van der Waals surface area (Å²) in [5.41, 5.74) is 1.76. The molecule has 1 aromatic rings. The van der Waals surface area contributed by atoms with Crippen molar-refractivity contribution in [2.24, 2.45) is 0 Å². The number of terminal acetylenes is 1. The number of hydrogen-bond donors (Lipinski definition) is 1. The van der Waals surface area contributed by atoms with E-state index in [2.05, 4.69) is 31.5 Å². The van der Waals surface area contributed by atoms with Crippen LogP contribution < -0.4 is 10.4 Å². The Labute approximate surface area is 205 Å². The van der Waals surface area contributed by atoms with Crippen LogP contribution in [0.25, 0.3) is 0 Å². The summed E-state index contributed by atoms with van der Waals surface area (Å²) in [4.78, 5) is 29.6. The molecule has 2 amide bonds. The Bertz CT molecular complexity index is 955. The minimum Gasteiger partial charge on any atom is -0.428 e. The third-order valence-corrected chi connectivity index (χ3v) is 8.18. The number of carbonyl (C=O) groups is 2. The van der Waals surface area contributed by atoms with Crippen molar-refractivity contribution < 1.29 is 14.2 Å². The van der Waals surface area contributed by atoms with Gasteiger partial charge in [-0.15, -0.1) is 12.3 Å². The average molecular weight is 467 g/mol. The summed E-state index contributed by atoms with van der Waals surface area (Å²) in [6.45, 7) is 12.9. The highest BCUT2D eigenvalue weighted by atomic mass is 32.1. The molecule has 0 aliphatic carbocycles. The van der Waals surface area contributed by atoms with E-state index in [1.807, 2.05) is 49.6 Å². The minimum atomic E-state index is -0.602. The number of carbonyl (C=O) groups excluding carboxylic acids is 2. The lowest BCUT2D eigenvalue weighted by Gasteiger charge is -2.38. The van der Waals surface area contributed by atoms with E-state index >= 15 is 0 Å². The standard InChI is InChI=1S/C26H36BN2O3S/c1-8-10-20(9-2)29-22-17-19(27-32-24(4,5)25(6,7)33)11-12-21(22)26(23(29)31)13-15-28(16-14-26)18(3)30/h1,11-12,17,20,33H,9-10,13-16H2,2-7H3.